The van der Waals surface area contributed by atoms with Gasteiger partial charge in [-0.05, 0) is 36.4 Å². The number of benzene rings is 1. The van der Waals surface area contributed by atoms with E-state index in [0.717, 1.165) is 26.5 Å². The molecular weight excluding hydrogens is 382 g/mol. The molecule has 130 valence electrons. The first kappa shape index (κ1) is 17.8. The molecule has 6 nitrogen and oxygen atoms in total. The van der Waals surface area contributed by atoms with Crippen molar-refractivity contribution in [1.82, 2.24) is 9.29 Å². The van der Waals surface area contributed by atoms with Crippen molar-refractivity contribution in [2.45, 2.75) is 4.21 Å². The molecule has 0 fully saturated rings. The van der Waals surface area contributed by atoms with Crippen LogP contribution in [0.2, 0.25) is 4.34 Å². The number of pyridine rings is 1. The third-order valence-corrected chi connectivity index (χ3v) is 7.00. The molecule has 0 spiro atoms. The van der Waals surface area contributed by atoms with Gasteiger partial charge in [0.1, 0.15) is 4.21 Å². The third kappa shape index (κ3) is 3.82. The van der Waals surface area contributed by atoms with E-state index < -0.39 is 15.9 Å². The minimum Gasteiger partial charge on any atom is -0.324 e. The molecule has 1 aromatic carbocycles. The second-order valence-corrected chi connectivity index (χ2v) is 9.23. The van der Waals surface area contributed by atoms with Crippen molar-refractivity contribution >= 4 is 55.5 Å². The predicted octanol–water partition coefficient (Wildman–Crippen LogP) is 3.21. The number of hydrogen-bond acceptors (Lipinski definition) is 5. The Labute approximate surface area is 154 Å². The van der Waals surface area contributed by atoms with Gasteiger partial charge in [-0.3, -0.25) is 9.78 Å². The number of halogens is 1. The summed E-state index contributed by atoms with van der Waals surface area (Å²) in [5.41, 5.74) is 1.33. The Kier molecular flexibility index (Phi) is 5.05. The molecule has 0 bridgehead atoms. The number of hydrogen-bond donors (Lipinski definition) is 1. The maximum absolute atomic E-state index is 12.4. The van der Waals surface area contributed by atoms with E-state index in [0.29, 0.717) is 10.0 Å². The fourth-order valence-electron chi connectivity index (χ4n) is 2.28. The zero-order valence-corrected chi connectivity index (χ0v) is 15.5. The first-order chi connectivity index (χ1) is 11.9. The molecule has 0 saturated heterocycles. The molecule has 0 aliphatic rings. The van der Waals surface area contributed by atoms with Crippen LogP contribution in [0.5, 0.6) is 0 Å². The van der Waals surface area contributed by atoms with Gasteiger partial charge >= 0.3 is 0 Å². The Morgan fingerprint density at radius 3 is 2.76 bits per heavy atom. The Morgan fingerprint density at radius 1 is 1.24 bits per heavy atom. The normalized spacial score (nSPS) is 11.8. The number of nitrogens with one attached hydrogen (secondary N) is 1. The summed E-state index contributed by atoms with van der Waals surface area (Å²) in [6.07, 6.45) is 1.67. The molecule has 0 saturated carbocycles. The van der Waals surface area contributed by atoms with Gasteiger partial charge in [-0.25, -0.2) is 8.42 Å². The smallest absolute Gasteiger partial charge is 0.252 e. The van der Waals surface area contributed by atoms with Crippen molar-refractivity contribution in [3.05, 3.63) is 53.0 Å². The van der Waals surface area contributed by atoms with E-state index >= 15 is 0 Å². The number of thiophene rings is 1. The van der Waals surface area contributed by atoms with Crippen LogP contribution in [-0.2, 0) is 14.8 Å². The van der Waals surface area contributed by atoms with Crippen LogP contribution in [0.15, 0.2) is 52.9 Å². The molecule has 3 rings (SSSR count). The minimum absolute atomic E-state index is 0.0992. The average molecular weight is 396 g/mol. The van der Waals surface area contributed by atoms with E-state index in [1.807, 2.05) is 12.1 Å². The SMILES string of the molecule is CN(CC(=O)Nc1cccc2ncccc12)S(=O)(=O)c1ccc(Cl)s1. The predicted molar refractivity (Wildman–Crippen MR) is 99.5 cm³/mol. The largest absolute Gasteiger partial charge is 0.324 e. The van der Waals surface area contributed by atoms with Gasteiger partial charge in [0, 0.05) is 18.6 Å². The molecule has 1 amide bonds. The molecule has 1 N–H and O–H groups in total. The van der Waals surface area contributed by atoms with Gasteiger partial charge in [0.15, 0.2) is 0 Å². The maximum Gasteiger partial charge on any atom is 0.252 e. The summed E-state index contributed by atoms with van der Waals surface area (Å²) < 4.78 is 26.3. The van der Waals surface area contributed by atoms with Crippen molar-refractivity contribution < 1.29 is 13.2 Å². The molecule has 25 heavy (non-hydrogen) atoms. The van der Waals surface area contributed by atoms with E-state index in [2.05, 4.69) is 10.3 Å². The maximum atomic E-state index is 12.4. The van der Waals surface area contributed by atoms with Gasteiger partial charge in [0.2, 0.25) is 5.91 Å². The number of likely N-dealkylation sites (N-methyl/N-ethyl adjacent to an activating group) is 1. The topological polar surface area (TPSA) is 79.4 Å². The molecule has 3 aromatic rings. The number of fused-ring (bicyclic) bond motifs is 1. The highest BCUT2D eigenvalue weighted by Gasteiger charge is 2.24. The number of sulfonamides is 1. The monoisotopic (exact) mass is 395 g/mol. The first-order valence-electron chi connectivity index (χ1n) is 7.23. The highest BCUT2D eigenvalue weighted by molar-refractivity contribution is 7.91. The summed E-state index contributed by atoms with van der Waals surface area (Å²) >= 11 is 6.74. The molecular formula is C16H14ClN3O3S2. The highest BCUT2D eigenvalue weighted by atomic mass is 35.5. The highest BCUT2D eigenvalue weighted by Crippen LogP contribution is 2.27. The number of rotatable bonds is 5. The van der Waals surface area contributed by atoms with Gasteiger partial charge in [0.05, 0.1) is 22.1 Å². The summed E-state index contributed by atoms with van der Waals surface area (Å²) in [4.78, 5) is 16.5. The molecule has 0 aliphatic carbocycles. The fourth-order valence-corrected chi connectivity index (χ4v) is 5.10. The summed E-state index contributed by atoms with van der Waals surface area (Å²) in [6.45, 7) is -0.311. The van der Waals surface area contributed by atoms with Crippen LogP contribution in [-0.4, -0.2) is 37.2 Å². The quantitative estimate of drug-likeness (QED) is 0.719. The number of carbonyl (C=O) groups excluding carboxylic acids is 1. The van der Waals surface area contributed by atoms with E-state index in [-0.39, 0.29) is 10.8 Å². The molecule has 0 atom stereocenters. The lowest BCUT2D eigenvalue weighted by molar-refractivity contribution is -0.116. The Bertz CT molecular complexity index is 1030. The average Bonchev–Trinajstić information content (AvgIpc) is 3.02. The van der Waals surface area contributed by atoms with Gasteiger partial charge in [-0.2, -0.15) is 4.31 Å². The molecule has 9 heteroatoms. The van der Waals surface area contributed by atoms with Gasteiger partial charge < -0.3 is 5.32 Å². The number of nitrogens with zero attached hydrogens (tertiary/aromatic N) is 2. The first-order valence-corrected chi connectivity index (χ1v) is 9.86. The van der Waals surface area contributed by atoms with E-state index in [4.69, 9.17) is 11.6 Å². The summed E-state index contributed by atoms with van der Waals surface area (Å²) in [5.74, 6) is -0.440. The molecule has 2 heterocycles. The second kappa shape index (κ2) is 7.09. The molecule has 0 radical (unpaired) electrons. The van der Waals surface area contributed by atoms with Crippen LogP contribution in [0.4, 0.5) is 5.69 Å². The molecule has 0 unspecified atom stereocenters. The van der Waals surface area contributed by atoms with Crippen LogP contribution < -0.4 is 5.32 Å². The minimum atomic E-state index is -3.75. The number of carbonyl (C=O) groups is 1. The summed E-state index contributed by atoms with van der Waals surface area (Å²) in [5, 5.41) is 3.52. The van der Waals surface area contributed by atoms with Crippen molar-refractivity contribution in [2.24, 2.45) is 0 Å². The zero-order valence-electron chi connectivity index (χ0n) is 13.1. The lowest BCUT2D eigenvalue weighted by atomic mass is 10.2. The van der Waals surface area contributed by atoms with Crippen LogP contribution in [0.25, 0.3) is 10.9 Å². The van der Waals surface area contributed by atoms with E-state index in [1.54, 1.807) is 24.4 Å². The fraction of sp³-hybridized carbons (Fsp3) is 0.125. The summed E-state index contributed by atoms with van der Waals surface area (Å²) in [7, 11) is -2.40. The molecule has 2 aromatic heterocycles. The van der Waals surface area contributed by atoms with E-state index in [1.165, 1.54) is 19.2 Å². The van der Waals surface area contributed by atoms with Crippen LogP contribution >= 0.6 is 22.9 Å². The van der Waals surface area contributed by atoms with Gasteiger partial charge in [0.25, 0.3) is 10.0 Å². The van der Waals surface area contributed by atoms with Crippen molar-refractivity contribution in [3.63, 3.8) is 0 Å². The van der Waals surface area contributed by atoms with Gasteiger partial charge in [-0.1, -0.05) is 17.7 Å². The second-order valence-electron chi connectivity index (χ2n) is 5.24. The Hall–Kier alpha value is -2.00. The van der Waals surface area contributed by atoms with Crippen molar-refractivity contribution in [1.29, 1.82) is 0 Å². The van der Waals surface area contributed by atoms with Crippen molar-refractivity contribution in [3.8, 4) is 0 Å². The standard InChI is InChI=1S/C16H14ClN3O3S2/c1-20(25(22,23)16-8-7-14(17)24-16)10-15(21)19-13-6-2-5-12-11(13)4-3-9-18-12/h2-9H,10H2,1H3,(H,19,21). The number of anilines is 1. The van der Waals surface area contributed by atoms with Crippen LogP contribution in [0, 0.1) is 0 Å². The van der Waals surface area contributed by atoms with Crippen LogP contribution in [0.3, 0.4) is 0 Å². The Morgan fingerprint density at radius 2 is 2.04 bits per heavy atom. The third-order valence-electron chi connectivity index (χ3n) is 3.50. The van der Waals surface area contributed by atoms with Crippen molar-refractivity contribution in [2.75, 3.05) is 18.9 Å². The zero-order chi connectivity index (χ0) is 18.0. The van der Waals surface area contributed by atoms with Gasteiger partial charge in [-0.15, -0.1) is 11.3 Å². The Balaban J connectivity index is 1.76. The summed E-state index contributed by atoms with van der Waals surface area (Å²) in [6, 6.07) is 11.9. The lowest BCUT2D eigenvalue weighted by Crippen LogP contribution is -2.34. The van der Waals surface area contributed by atoms with Crippen LogP contribution in [0.1, 0.15) is 0 Å². The lowest BCUT2D eigenvalue weighted by Gasteiger charge is -2.16. The molecule has 0 aliphatic heterocycles. The van der Waals surface area contributed by atoms with E-state index in [9.17, 15) is 13.2 Å². The number of amides is 1. The number of aromatic nitrogens is 1.